The molecule has 0 aliphatic rings. The monoisotopic (exact) mass is 108 g/mol. The Morgan fingerprint density at radius 1 is 1.71 bits per heavy atom. The molecular formula is C4H5NaO2. The van der Waals surface area contributed by atoms with Crippen molar-refractivity contribution in [1.29, 1.82) is 0 Å². The van der Waals surface area contributed by atoms with Gasteiger partial charge in [0.2, 0.25) is 0 Å². The predicted octanol–water partition coefficient (Wildman–Crippen LogP) is -3.02. The van der Waals surface area contributed by atoms with Crippen LogP contribution in [0.25, 0.3) is 0 Å². The summed E-state index contributed by atoms with van der Waals surface area (Å²) in [7, 11) is 0. The minimum absolute atomic E-state index is 0. The number of hydrogen-bond donors (Lipinski definition) is 0. The Bertz CT molecular complexity index is 70.1. The first kappa shape index (κ1) is 10.2. The number of aldehydes is 1. The van der Waals surface area contributed by atoms with E-state index in [1.165, 1.54) is 6.92 Å². The molecule has 0 rings (SSSR count). The molecule has 0 atom stereocenters. The fourth-order valence-corrected chi connectivity index (χ4v) is 0.0958. The largest absolute Gasteiger partial charge is 1.00 e. The Morgan fingerprint density at radius 3 is 2.14 bits per heavy atom. The maximum atomic E-state index is 9.76. The number of carbonyl (C=O) groups excluding carboxylic acids is 2. The first-order valence-corrected chi connectivity index (χ1v) is 1.56. The van der Waals surface area contributed by atoms with Crippen LogP contribution in [0.4, 0.5) is 0 Å². The summed E-state index contributed by atoms with van der Waals surface area (Å²) in [5.41, 5.74) is 0. The van der Waals surface area contributed by atoms with Crippen molar-refractivity contribution in [3.63, 3.8) is 0 Å². The van der Waals surface area contributed by atoms with Gasteiger partial charge in [0.15, 0.2) is 0 Å². The number of hydrogen-bond acceptors (Lipinski definition) is 2. The molecule has 0 aliphatic heterocycles. The number of ketones is 1. The predicted molar refractivity (Wildman–Crippen MR) is 21.0 cm³/mol. The first-order chi connectivity index (χ1) is 2.77. The quantitative estimate of drug-likeness (QED) is 0.163. The maximum Gasteiger partial charge on any atom is 1.00 e. The second-order valence-electron chi connectivity index (χ2n) is 0.913. The average molecular weight is 108 g/mol. The average Bonchev–Trinajstić information content (AvgIpc) is 1.35. The van der Waals surface area contributed by atoms with Crippen LogP contribution in [0.5, 0.6) is 0 Å². The fourth-order valence-electron chi connectivity index (χ4n) is 0.0958. The zero-order valence-electron chi connectivity index (χ0n) is 4.47. The normalized spacial score (nSPS) is 5.86. The van der Waals surface area contributed by atoms with E-state index >= 15 is 0 Å². The van der Waals surface area contributed by atoms with E-state index in [4.69, 9.17) is 0 Å². The molecule has 0 aromatic rings. The van der Waals surface area contributed by atoms with E-state index in [9.17, 15) is 9.59 Å². The molecule has 0 aliphatic carbocycles. The molecule has 7 heavy (non-hydrogen) atoms. The van der Waals surface area contributed by atoms with Gasteiger partial charge in [0.1, 0.15) is 0 Å². The van der Waals surface area contributed by atoms with Crippen molar-refractivity contribution >= 4 is 12.1 Å². The van der Waals surface area contributed by atoms with Crippen molar-refractivity contribution < 1.29 is 39.1 Å². The summed E-state index contributed by atoms with van der Waals surface area (Å²) in [4.78, 5) is 19.1. The van der Waals surface area contributed by atoms with Crippen LogP contribution in [0.2, 0.25) is 0 Å². The molecule has 0 aromatic carbocycles. The Balaban J connectivity index is 0. The summed E-state index contributed by atoms with van der Waals surface area (Å²) in [5.74, 6) is -0.204. The molecular weight excluding hydrogens is 103 g/mol. The van der Waals surface area contributed by atoms with Crippen LogP contribution in [-0.2, 0) is 9.59 Å². The van der Waals surface area contributed by atoms with Crippen LogP contribution in [0.1, 0.15) is 6.92 Å². The van der Waals surface area contributed by atoms with Gasteiger partial charge < -0.3 is 9.59 Å². The van der Waals surface area contributed by atoms with Crippen molar-refractivity contribution in [2.75, 3.05) is 0 Å². The molecule has 2 nitrogen and oxygen atoms in total. The van der Waals surface area contributed by atoms with Gasteiger partial charge in [0, 0.05) is 5.78 Å². The molecule has 0 spiro atoms. The number of carbonyl (C=O) groups is 2. The Labute approximate surface area is 64.6 Å². The summed E-state index contributed by atoms with van der Waals surface area (Å²) in [6.07, 6.45) is 1.45. The smallest absolute Gasteiger partial charge is 0.338 e. The molecule has 0 heterocycles. The van der Waals surface area contributed by atoms with Crippen molar-refractivity contribution in [3.8, 4) is 0 Å². The van der Waals surface area contributed by atoms with Crippen LogP contribution < -0.4 is 29.6 Å². The Kier molecular flexibility index (Phi) is 9.09. The third-order valence-corrected chi connectivity index (χ3v) is 0.303. The third kappa shape index (κ3) is 10.7. The number of rotatable bonds is 2. The molecule has 0 aromatic heterocycles. The zero-order valence-corrected chi connectivity index (χ0v) is 6.47. The van der Waals surface area contributed by atoms with Gasteiger partial charge >= 0.3 is 29.6 Å². The fraction of sp³-hybridized carbons (Fsp3) is 0.250. The van der Waals surface area contributed by atoms with Gasteiger partial charge in [-0.25, -0.2) is 0 Å². The van der Waals surface area contributed by atoms with Gasteiger partial charge in [-0.15, -0.1) is 0 Å². The zero-order chi connectivity index (χ0) is 4.99. The molecule has 0 unspecified atom stereocenters. The van der Waals surface area contributed by atoms with E-state index in [-0.39, 0.29) is 35.3 Å². The second kappa shape index (κ2) is 6.21. The SMILES string of the molecule is CC(=O)[CH-]C=O.[Na+]. The van der Waals surface area contributed by atoms with Crippen LogP contribution in [0.3, 0.4) is 0 Å². The van der Waals surface area contributed by atoms with E-state index < -0.39 is 0 Å². The molecule has 0 saturated carbocycles. The second-order valence-corrected chi connectivity index (χ2v) is 0.913. The molecule has 0 N–H and O–H groups in total. The van der Waals surface area contributed by atoms with Crippen molar-refractivity contribution in [1.82, 2.24) is 0 Å². The summed E-state index contributed by atoms with van der Waals surface area (Å²) >= 11 is 0. The molecule has 0 saturated heterocycles. The van der Waals surface area contributed by atoms with Crippen LogP contribution in [0.15, 0.2) is 0 Å². The topological polar surface area (TPSA) is 34.1 Å². The van der Waals surface area contributed by atoms with E-state index in [0.29, 0.717) is 6.29 Å². The standard InChI is InChI=1S/C4H5O2.Na/c1-4(6)2-3-5;/h2-3H,1H3;/q-1;+1. The Morgan fingerprint density at radius 2 is 2.14 bits per heavy atom. The van der Waals surface area contributed by atoms with Gasteiger partial charge in [-0.3, -0.25) is 6.42 Å². The summed E-state index contributed by atoms with van der Waals surface area (Å²) < 4.78 is 0. The van der Waals surface area contributed by atoms with E-state index in [1.54, 1.807) is 0 Å². The molecule has 0 radical (unpaired) electrons. The molecule has 0 bridgehead atoms. The van der Waals surface area contributed by atoms with E-state index in [2.05, 4.69) is 0 Å². The van der Waals surface area contributed by atoms with Gasteiger partial charge in [0.25, 0.3) is 0 Å². The van der Waals surface area contributed by atoms with E-state index in [1.807, 2.05) is 0 Å². The van der Waals surface area contributed by atoms with Crippen LogP contribution >= 0.6 is 0 Å². The summed E-state index contributed by atoms with van der Waals surface area (Å²) in [5, 5.41) is 0. The first-order valence-electron chi connectivity index (χ1n) is 1.56. The van der Waals surface area contributed by atoms with Crippen LogP contribution in [-0.4, -0.2) is 12.1 Å². The third-order valence-electron chi connectivity index (χ3n) is 0.303. The van der Waals surface area contributed by atoms with Crippen molar-refractivity contribution in [2.24, 2.45) is 0 Å². The number of Topliss-reactive ketones (excluding diaryl/α,β-unsaturated/α-hetero) is 1. The Hall–Kier alpha value is 0.210. The van der Waals surface area contributed by atoms with Gasteiger partial charge in [-0.2, -0.15) is 0 Å². The summed E-state index contributed by atoms with van der Waals surface area (Å²) in [6, 6.07) is 0. The van der Waals surface area contributed by atoms with Crippen LogP contribution in [0, 0.1) is 6.42 Å². The van der Waals surface area contributed by atoms with Crippen molar-refractivity contribution in [3.05, 3.63) is 6.42 Å². The molecule has 3 heteroatoms. The van der Waals surface area contributed by atoms with Crippen molar-refractivity contribution in [2.45, 2.75) is 6.92 Å². The molecule has 0 fully saturated rings. The molecule has 34 valence electrons. The minimum Gasteiger partial charge on any atom is -0.338 e. The summed E-state index contributed by atoms with van der Waals surface area (Å²) in [6.45, 7) is 1.33. The van der Waals surface area contributed by atoms with E-state index in [0.717, 1.165) is 6.42 Å². The van der Waals surface area contributed by atoms with Gasteiger partial charge in [-0.05, 0) is 13.2 Å². The van der Waals surface area contributed by atoms with Gasteiger partial charge in [0.05, 0.1) is 0 Å². The maximum absolute atomic E-state index is 9.76. The van der Waals surface area contributed by atoms with Gasteiger partial charge in [-0.1, -0.05) is 0 Å². The molecule has 0 amide bonds. The minimum atomic E-state index is -0.204.